The third-order valence-corrected chi connectivity index (χ3v) is 11.9. The van der Waals surface area contributed by atoms with E-state index in [0.717, 1.165) is 0 Å². The van der Waals surface area contributed by atoms with Gasteiger partial charge >= 0.3 is 8.56 Å². The summed E-state index contributed by atoms with van der Waals surface area (Å²) in [5.74, 6) is 0.816. The Balaban J connectivity index is 2.31. The molecular weight excluding hydrogens is 412 g/mol. The monoisotopic (exact) mass is 458 g/mol. The second-order valence-corrected chi connectivity index (χ2v) is 16.3. The highest BCUT2D eigenvalue weighted by atomic mass is 28.4. The molecule has 0 saturated carbocycles. The van der Waals surface area contributed by atoms with Gasteiger partial charge in [-0.15, -0.1) is 0 Å². The Kier molecular flexibility index (Phi) is 9.14. The summed E-state index contributed by atoms with van der Waals surface area (Å²) in [6, 6.07) is 10.4. The van der Waals surface area contributed by atoms with Crippen LogP contribution in [0.3, 0.4) is 0 Å². The molecule has 1 aliphatic heterocycles. The summed E-state index contributed by atoms with van der Waals surface area (Å²) in [5.41, 5.74) is 1.20. The second-order valence-electron chi connectivity index (χ2n) is 11.6. The van der Waals surface area contributed by atoms with Gasteiger partial charge in [0.1, 0.15) is 0 Å². The van der Waals surface area contributed by atoms with Crippen LogP contribution in [0.4, 0.5) is 0 Å². The highest BCUT2D eigenvalue weighted by Crippen LogP contribution is 2.57. The van der Waals surface area contributed by atoms with Crippen molar-refractivity contribution in [3.8, 4) is 0 Å². The van der Waals surface area contributed by atoms with Crippen LogP contribution >= 0.6 is 0 Å². The van der Waals surface area contributed by atoms with Crippen molar-refractivity contribution in [2.45, 2.75) is 91.2 Å². The molecule has 0 unspecified atom stereocenters. The fourth-order valence-electron chi connectivity index (χ4n) is 5.26. The first-order chi connectivity index (χ1) is 14.8. The summed E-state index contributed by atoms with van der Waals surface area (Å²) in [5, 5.41) is -0.122. The number of rotatable bonds is 8. The first-order valence-corrected chi connectivity index (χ1v) is 13.9. The molecular formula is C28H46O3Si. The molecule has 1 aromatic carbocycles. The van der Waals surface area contributed by atoms with Crippen LogP contribution in [-0.2, 0) is 20.2 Å². The van der Waals surface area contributed by atoms with Crippen molar-refractivity contribution in [3.05, 3.63) is 60.7 Å². The minimum Gasteiger partial charge on any atom is -0.390 e. The van der Waals surface area contributed by atoms with Gasteiger partial charge in [-0.05, 0) is 11.5 Å². The maximum atomic E-state index is 7.16. The van der Waals surface area contributed by atoms with E-state index in [1.165, 1.54) is 5.56 Å². The molecule has 0 aromatic heterocycles. The normalized spacial score (nSPS) is 26.1. The van der Waals surface area contributed by atoms with Crippen molar-refractivity contribution < 1.29 is 13.6 Å². The molecule has 0 bridgehead atoms. The molecule has 1 aliphatic rings. The van der Waals surface area contributed by atoms with Gasteiger partial charge in [0.05, 0.1) is 25.4 Å². The molecule has 1 heterocycles. The molecule has 0 radical (unpaired) electrons. The number of hydrogen-bond acceptors (Lipinski definition) is 3. The van der Waals surface area contributed by atoms with E-state index in [4.69, 9.17) is 13.6 Å². The smallest absolute Gasteiger partial charge is 0.349 e. The molecule has 180 valence electrons. The lowest BCUT2D eigenvalue weighted by molar-refractivity contribution is -0.107. The Bertz CT molecular complexity index is 730. The lowest BCUT2D eigenvalue weighted by atomic mass is 9.84. The third kappa shape index (κ3) is 6.02. The van der Waals surface area contributed by atoms with Crippen molar-refractivity contribution in [1.29, 1.82) is 0 Å². The van der Waals surface area contributed by atoms with E-state index in [1.807, 2.05) is 18.2 Å². The summed E-state index contributed by atoms with van der Waals surface area (Å²) in [7, 11) is -2.64. The Morgan fingerprint density at radius 1 is 1.00 bits per heavy atom. The zero-order valence-corrected chi connectivity index (χ0v) is 22.9. The lowest BCUT2D eigenvalue weighted by Crippen LogP contribution is -2.67. The Morgan fingerprint density at radius 2 is 1.56 bits per heavy atom. The van der Waals surface area contributed by atoms with E-state index in [2.05, 4.69) is 99.2 Å². The van der Waals surface area contributed by atoms with Crippen LogP contribution in [0.25, 0.3) is 0 Å². The SMILES string of the molecule is C=C/C=C\[C@@H](C)[C@H]1O[Si](C(C)(C)C)(C(C)(C)C)O[C@@H]([C@H](C)COCc2ccccc2)[C@H]1C. The zero-order valence-electron chi connectivity index (χ0n) is 21.9. The summed E-state index contributed by atoms with van der Waals surface area (Å²) in [4.78, 5) is 0. The molecule has 4 heteroatoms. The predicted octanol–water partition coefficient (Wildman–Crippen LogP) is 7.68. The number of hydrogen-bond donors (Lipinski definition) is 0. The lowest BCUT2D eigenvalue weighted by Gasteiger charge is -2.58. The molecule has 3 nitrogen and oxygen atoms in total. The van der Waals surface area contributed by atoms with Crippen LogP contribution in [0.1, 0.15) is 67.9 Å². The topological polar surface area (TPSA) is 27.7 Å². The third-order valence-electron chi connectivity index (χ3n) is 6.74. The van der Waals surface area contributed by atoms with Crippen molar-refractivity contribution in [2.75, 3.05) is 6.61 Å². The van der Waals surface area contributed by atoms with E-state index in [9.17, 15) is 0 Å². The van der Waals surface area contributed by atoms with Crippen LogP contribution in [0.2, 0.25) is 10.1 Å². The van der Waals surface area contributed by atoms with Crippen molar-refractivity contribution in [3.63, 3.8) is 0 Å². The fourth-order valence-corrected chi connectivity index (χ4v) is 10.6. The largest absolute Gasteiger partial charge is 0.390 e. The van der Waals surface area contributed by atoms with Gasteiger partial charge in [0, 0.05) is 21.9 Å². The first-order valence-electron chi connectivity index (χ1n) is 12.1. The van der Waals surface area contributed by atoms with Gasteiger partial charge in [-0.25, -0.2) is 0 Å². The van der Waals surface area contributed by atoms with Crippen LogP contribution in [-0.4, -0.2) is 27.4 Å². The van der Waals surface area contributed by atoms with E-state index >= 15 is 0 Å². The van der Waals surface area contributed by atoms with Crippen LogP contribution in [0.15, 0.2) is 55.1 Å². The first kappa shape index (κ1) is 27.0. The Morgan fingerprint density at radius 3 is 2.09 bits per heavy atom. The van der Waals surface area contributed by atoms with Crippen LogP contribution in [0, 0.1) is 17.8 Å². The molecule has 0 amide bonds. The van der Waals surface area contributed by atoms with Gasteiger partial charge < -0.3 is 13.6 Å². The van der Waals surface area contributed by atoms with Crippen molar-refractivity contribution >= 4 is 8.56 Å². The van der Waals surface area contributed by atoms with Gasteiger partial charge in [-0.2, -0.15) is 0 Å². The fraction of sp³-hybridized carbons (Fsp3) is 0.643. The van der Waals surface area contributed by atoms with Crippen molar-refractivity contribution in [1.82, 2.24) is 0 Å². The highest BCUT2D eigenvalue weighted by Gasteiger charge is 2.64. The standard InChI is InChI=1S/C28H46O3Si/c1-11-12-16-21(2)25-23(4)26(22(3)19-29-20-24-17-14-13-15-18-24)31-32(30-25,27(5,6)7)28(8,9)10/h11-18,21-23,25-26H,1,19-20H2,2-10H3/b16-12-/t21-,22-,23+,25-,26+/m1/s1. The van der Waals surface area contributed by atoms with Crippen LogP contribution < -0.4 is 0 Å². The molecule has 32 heavy (non-hydrogen) atoms. The highest BCUT2D eigenvalue weighted by molar-refractivity contribution is 6.73. The van der Waals surface area contributed by atoms with Crippen LogP contribution in [0.5, 0.6) is 0 Å². The summed E-state index contributed by atoms with van der Waals surface area (Å²) in [6.07, 6.45) is 6.30. The zero-order chi connectivity index (χ0) is 24.2. The minimum absolute atomic E-state index is 0.0611. The predicted molar refractivity (Wildman–Crippen MR) is 138 cm³/mol. The molecule has 2 rings (SSSR count). The number of allylic oxidation sites excluding steroid dienone is 2. The molecule has 1 fully saturated rings. The minimum atomic E-state index is -2.64. The van der Waals surface area contributed by atoms with Crippen molar-refractivity contribution in [2.24, 2.45) is 17.8 Å². The molecule has 0 aliphatic carbocycles. The van der Waals surface area contributed by atoms with Gasteiger partial charge in [0.2, 0.25) is 0 Å². The van der Waals surface area contributed by atoms with E-state index in [1.54, 1.807) is 0 Å². The van der Waals surface area contributed by atoms with E-state index < -0.39 is 8.56 Å². The van der Waals surface area contributed by atoms with Gasteiger partial charge in [-0.1, -0.05) is 117 Å². The Hall–Kier alpha value is -1.20. The molecule has 1 aromatic rings. The number of ether oxygens (including phenoxy) is 1. The number of benzene rings is 1. The molecule has 5 atom stereocenters. The average Bonchev–Trinajstić information content (AvgIpc) is 2.71. The molecule has 0 N–H and O–H groups in total. The van der Waals surface area contributed by atoms with E-state index in [-0.39, 0.29) is 40.0 Å². The molecule has 1 saturated heterocycles. The van der Waals surface area contributed by atoms with Gasteiger partial charge in [0.15, 0.2) is 0 Å². The quantitative estimate of drug-likeness (QED) is 0.295. The van der Waals surface area contributed by atoms with Gasteiger partial charge in [-0.3, -0.25) is 0 Å². The summed E-state index contributed by atoms with van der Waals surface area (Å²) >= 11 is 0. The summed E-state index contributed by atoms with van der Waals surface area (Å²) < 4.78 is 20.4. The molecule has 0 spiro atoms. The maximum absolute atomic E-state index is 7.16. The maximum Gasteiger partial charge on any atom is 0.349 e. The second kappa shape index (κ2) is 10.8. The average molecular weight is 459 g/mol. The van der Waals surface area contributed by atoms with E-state index in [0.29, 0.717) is 13.2 Å². The Labute approximate surface area is 198 Å². The summed E-state index contributed by atoms with van der Waals surface area (Å²) in [6.45, 7) is 25.7. The van der Waals surface area contributed by atoms with Gasteiger partial charge in [0.25, 0.3) is 0 Å².